The van der Waals surface area contributed by atoms with Gasteiger partial charge in [-0.25, -0.2) is 4.98 Å². The average Bonchev–Trinajstić information content (AvgIpc) is 2.70. The lowest BCUT2D eigenvalue weighted by molar-refractivity contribution is -0.274. The van der Waals surface area contributed by atoms with E-state index >= 15 is 0 Å². The Morgan fingerprint density at radius 3 is 2.60 bits per heavy atom. The Labute approximate surface area is 168 Å². The van der Waals surface area contributed by atoms with Gasteiger partial charge in [-0.1, -0.05) is 18.2 Å². The van der Waals surface area contributed by atoms with Gasteiger partial charge in [-0.05, 0) is 24.3 Å². The third kappa shape index (κ3) is 6.33. The summed E-state index contributed by atoms with van der Waals surface area (Å²) in [6.45, 7) is -0.104. The molecule has 11 heteroatoms. The van der Waals surface area contributed by atoms with Crippen molar-refractivity contribution in [3.05, 3.63) is 60.4 Å². The van der Waals surface area contributed by atoms with Crippen LogP contribution < -0.4 is 15.4 Å². The molecule has 0 amide bonds. The number of carboxylic acids is 1. The molecule has 3 rings (SSSR count). The van der Waals surface area contributed by atoms with Gasteiger partial charge in [-0.2, -0.15) is 4.98 Å². The third-order valence-electron chi connectivity index (χ3n) is 3.66. The van der Waals surface area contributed by atoms with E-state index in [1.165, 1.54) is 24.3 Å². The Hall–Kier alpha value is -3.89. The first-order chi connectivity index (χ1) is 14.3. The quantitative estimate of drug-likeness (QED) is 0.509. The van der Waals surface area contributed by atoms with Gasteiger partial charge in [-0.15, -0.1) is 13.2 Å². The minimum Gasteiger partial charge on any atom is -0.480 e. The number of halogens is 3. The van der Waals surface area contributed by atoms with Crippen molar-refractivity contribution in [1.29, 1.82) is 0 Å². The molecule has 0 fully saturated rings. The normalized spacial score (nSPS) is 11.0. The van der Waals surface area contributed by atoms with Crippen LogP contribution in [0.5, 0.6) is 5.75 Å². The summed E-state index contributed by atoms with van der Waals surface area (Å²) in [6, 6.07) is 12.2. The van der Waals surface area contributed by atoms with Gasteiger partial charge in [-0.3, -0.25) is 9.78 Å². The summed E-state index contributed by atoms with van der Waals surface area (Å²) in [7, 11) is 0. The highest BCUT2D eigenvalue weighted by Gasteiger charge is 2.31. The fourth-order valence-corrected chi connectivity index (χ4v) is 2.46. The molecule has 2 heterocycles. The standard InChI is InChI=1S/C19H16F3N5O3/c20-19(21,22)30-14-6-3-4-12(8-14)15-9-16(24-10-13-5-1-2-7-23-13)27-18(26-15)25-11-17(28)29/h1-9H,10-11H2,(H,28,29)(H2,24,25,26,27). The summed E-state index contributed by atoms with van der Waals surface area (Å²) in [6.07, 6.45) is -3.19. The largest absolute Gasteiger partial charge is 0.573 e. The maximum atomic E-state index is 12.5. The van der Waals surface area contributed by atoms with Crippen molar-refractivity contribution in [2.45, 2.75) is 12.9 Å². The number of nitrogens with zero attached hydrogens (tertiary/aromatic N) is 3. The number of benzene rings is 1. The van der Waals surface area contributed by atoms with Crippen LogP contribution >= 0.6 is 0 Å². The zero-order valence-electron chi connectivity index (χ0n) is 15.3. The number of aliphatic carboxylic acids is 1. The van der Waals surface area contributed by atoms with Crippen molar-refractivity contribution in [3.63, 3.8) is 0 Å². The molecule has 0 unspecified atom stereocenters. The highest BCUT2D eigenvalue weighted by Crippen LogP contribution is 2.28. The van der Waals surface area contributed by atoms with Crippen molar-refractivity contribution >= 4 is 17.7 Å². The minimum absolute atomic E-state index is 0.000522. The second-order valence-corrected chi connectivity index (χ2v) is 5.96. The SMILES string of the molecule is O=C(O)CNc1nc(NCc2ccccn2)cc(-c2cccc(OC(F)(F)F)c2)n1. The summed E-state index contributed by atoms with van der Waals surface area (Å²) >= 11 is 0. The smallest absolute Gasteiger partial charge is 0.480 e. The third-order valence-corrected chi connectivity index (χ3v) is 3.66. The number of alkyl halides is 3. The second-order valence-electron chi connectivity index (χ2n) is 5.96. The van der Waals surface area contributed by atoms with Gasteiger partial charge in [0.05, 0.1) is 17.9 Å². The van der Waals surface area contributed by atoms with Crippen molar-refractivity contribution in [2.75, 3.05) is 17.2 Å². The molecule has 0 atom stereocenters. The molecule has 1 aromatic carbocycles. The monoisotopic (exact) mass is 419 g/mol. The number of hydrogen-bond acceptors (Lipinski definition) is 7. The Morgan fingerprint density at radius 2 is 1.90 bits per heavy atom. The minimum atomic E-state index is -4.83. The number of carboxylic acid groups (broad SMARTS) is 1. The molecule has 0 saturated carbocycles. The molecule has 0 saturated heterocycles. The fourth-order valence-electron chi connectivity index (χ4n) is 2.46. The number of anilines is 2. The van der Waals surface area contributed by atoms with Crippen LogP contribution in [0.15, 0.2) is 54.7 Å². The lowest BCUT2D eigenvalue weighted by Crippen LogP contribution is -2.17. The van der Waals surface area contributed by atoms with Gasteiger partial charge >= 0.3 is 12.3 Å². The van der Waals surface area contributed by atoms with Gasteiger partial charge in [0.15, 0.2) is 0 Å². The zero-order chi connectivity index (χ0) is 21.6. The van der Waals surface area contributed by atoms with Crippen LogP contribution in [0.3, 0.4) is 0 Å². The van der Waals surface area contributed by atoms with Crippen LogP contribution in [-0.2, 0) is 11.3 Å². The number of ether oxygens (including phenoxy) is 1. The number of nitrogens with one attached hydrogen (secondary N) is 2. The van der Waals surface area contributed by atoms with Crippen LogP contribution in [0, 0.1) is 0 Å². The molecule has 0 bridgehead atoms. The molecular weight excluding hydrogens is 403 g/mol. The number of carbonyl (C=O) groups is 1. The number of pyridine rings is 1. The van der Waals surface area contributed by atoms with E-state index < -0.39 is 24.6 Å². The summed E-state index contributed by atoms with van der Waals surface area (Å²) in [5.41, 5.74) is 1.34. The summed E-state index contributed by atoms with van der Waals surface area (Å²) in [5, 5.41) is 14.5. The number of hydrogen-bond donors (Lipinski definition) is 3. The van der Waals surface area contributed by atoms with Crippen molar-refractivity contribution in [3.8, 4) is 17.0 Å². The molecule has 0 spiro atoms. The number of aromatic nitrogens is 3. The van der Waals surface area contributed by atoms with E-state index in [0.29, 0.717) is 17.9 Å². The molecule has 3 aromatic rings. The highest BCUT2D eigenvalue weighted by molar-refractivity contribution is 5.72. The number of rotatable bonds is 8. The van der Waals surface area contributed by atoms with Crippen LogP contribution in [0.4, 0.5) is 24.9 Å². The Kier molecular flexibility index (Phi) is 6.30. The Bertz CT molecular complexity index is 1020. The van der Waals surface area contributed by atoms with E-state index in [1.54, 1.807) is 24.4 Å². The van der Waals surface area contributed by atoms with Gasteiger partial charge in [0.1, 0.15) is 18.1 Å². The lowest BCUT2D eigenvalue weighted by Gasteiger charge is -2.12. The zero-order valence-corrected chi connectivity index (χ0v) is 15.3. The van der Waals surface area contributed by atoms with Crippen LogP contribution in [0.2, 0.25) is 0 Å². The predicted octanol–water partition coefficient (Wildman–Crippen LogP) is 3.55. The van der Waals surface area contributed by atoms with Gasteiger partial charge in [0.25, 0.3) is 0 Å². The molecule has 156 valence electrons. The average molecular weight is 419 g/mol. The molecule has 2 aromatic heterocycles. The van der Waals surface area contributed by atoms with E-state index in [4.69, 9.17) is 5.11 Å². The molecule has 0 radical (unpaired) electrons. The fraction of sp³-hybridized carbons (Fsp3) is 0.158. The first kappa shape index (κ1) is 20.8. The van der Waals surface area contributed by atoms with E-state index in [0.717, 1.165) is 5.69 Å². The van der Waals surface area contributed by atoms with Gasteiger partial charge in [0, 0.05) is 17.8 Å². The van der Waals surface area contributed by atoms with E-state index in [1.807, 2.05) is 6.07 Å². The Balaban J connectivity index is 1.89. The van der Waals surface area contributed by atoms with Crippen LogP contribution in [0.1, 0.15) is 5.69 Å². The molecule has 8 nitrogen and oxygen atoms in total. The summed E-state index contributed by atoms with van der Waals surface area (Å²) < 4.78 is 41.5. The molecule has 0 aliphatic carbocycles. The molecule has 0 aliphatic rings. The summed E-state index contributed by atoms with van der Waals surface area (Å²) in [5.74, 6) is -1.18. The molecule has 0 aliphatic heterocycles. The van der Waals surface area contributed by atoms with E-state index in [-0.39, 0.29) is 11.6 Å². The first-order valence-electron chi connectivity index (χ1n) is 8.63. The van der Waals surface area contributed by atoms with Gasteiger partial charge in [0.2, 0.25) is 5.95 Å². The Morgan fingerprint density at radius 1 is 1.07 bits per heavy atom. The van der Waals surface area contributed by atoms with Crippen molar-refractivity contribution in [1.82, 2.24) is 15.0 Å². The maximum absolute atomic E-state index is 12.5. The second kappa shape index (κ2) is 9.07. The molecule has 30 heavy (non-hydrogen) atoms. The molecular formula is C19H16F3N5O3. The highest BCUT2D eigenvalue weighted by atomic mass is 19.4. The lowest BCUT2D eigenvalue weighted by atomic mass is 10.1. The van der Waals surface area contributed by atoms with Crippen molar-refractivity contribution < 1.29 is 27.8 Å². The molecule has 3 N–H and O–H groups in total. The first-order valence-corrected chi connectivity index (χ1v) is 8.63. The topological polar surface area (TPSA) is 109 Å². The van der Waals surface area contributed by atoms with Crippen molar-refractivity contribution in [2.24, 2.45) is 0 Å². The van der Waals surface area contributed by atoms with E-state index in [9.17, 15) is 18.0 Å². The van der Waals surface area contributed by atoms with Crippen LogP contribution in [0.25, 0.3) is 11.3 Å². The predicted molar refractivity (Wildman–Crippen MR) is 102 cm³/mol. The van der Waals surface area contributed by atoms with Gasteiger partial charge < -0.3 is 20.5 Å². The van der Waals surface area contributed by atoms with Crippen LogP contribution in [-0.4, -0.2) is 38.9 Å². The maximum Gasteiger partial charge on any atom is 0.573 e. The summed E-state index contributed by atoms with van der Waals surface area (Å²) in [4.78, 5) is 23.4. The van der Waals surface area contributed by atoms with E-state index in [2.05, 4.69) is 30.3 Å².